The molecule has 8 nitrogen and oxygen atoms in total. The van der Waals surface area contributed by atoms with Crippen molar-refractivity contribution in [1.29, 1.82) is 0 Å². The third kappa shape index (κ3) is 3.69. The number of carbonyl (C=O) groups is 2. The molecule has 3 aromatic carbocycles. The van der Waals surface area contributed by atoms with Gasteiger partial charge in [0.2, 0.25) is 11.7 Å². The Morgan fingerprint density at radius 3 is 2.71 bits per heavy atom. The number of aromatic nitrogens is 2. The maximum Gasteiger partial charge on any atom is 0.296 e. The fraction of sp³-hybridized carbons (Fsp3) is 0.0741. The van der Waals surface area contributed by atoms with Crippen molar-refractivity contribution >= 4 is 51.2 Å². The first-order valence-electron chi connectivity index (χ1n) is 11.2. The van der Waals surface area contributed by atoms with Crippen LogP contribution in [0.15, 0.2) is 76.4 Å². The summed E-state index contributed by atoms with van der Waals surface area (Å²) in [6.07, 6.45) is 0. The van der Waals surface area contributed by atoms with E-state index in [0.717, 1.165) is 17.0 Å². The molecular formula is C27H16ClF2N3O5. The zero-order valence-corrected chi connectivity index (χ0v) is 20.2. The Morgan fingerprint density at radius 2 is 1.92 bits per heavy atom. The molecule has 0 aliphatic carbocycles. The molecule has 1 atom stereocenters. The molecule has 11 heteroatoms. The minimum Gasteiger partial charge on any atom is -0.503 e. The predicted octanol–water partition coefficient (Wildman–Crippen LogP) is 6.03. The molecule has 3 heterocycles. The summed E-state index contributed by atoms with van der Waals surface area (Å²) in [5, 5.41) is 12.0. The third-order valence-corrected chi connectivity index (χ3v) is 6.54. The lowest BCUT2D eigenvalue weighted by molar-refractivity contribution is -0.117. The van der Waals surface area contributed by atoms with E-state index in [9.17, 15) is 23.5 Å². The fourth-order valence-corrected chi connectivity index (χ4v) is 4.73. The van der Waals surface area contributed by atoms with Gasteiger partial charge in [0.25, 0.3) is 5.91 Å². The van der Waals surface area contributed by atoms with Crippen LogP contribution in [0.3, 0.4) is 0 Å². The molecule has 1 amide bonds. The molecule has 1 aliphatic heterocycles. The molecule has 5 aromatic rings. The predicted molar refractivity (Wildman–Crippen MR) is 134 cm³/mol. The number of aliphatic hydroxyl groups is 1. The van der Waals surface area contributed by atoms with Crippen LogP contribution in [-0.4, -0.2) is 33.9 Å². The van der Waals surface area contributed by atoms with Crippen LogP contribution < -0.4 is 9.64 Å². The number of hydrogen-bond acceptors (Lipinski definition) is 6. The Morgan fingerprint density at radius 1 is 1.13 bits per heavy atom. The number of furan rings is 1. The number of methoxy groups -OCH3 is 1. The molecule has 38 heavy (non-hydrogen) atoms. The lowest BCUT2D eigenvalue weighted by atomic mass is 9.95. The van der Waals surface area contributed by atoms with Gasteiger partial charge in [-0.05, 0) is 42.0 Å². The lowest BCUT2D eigenvalue weighted by Crippen LogP contribution is -2.32. The number of aromatic amines is 1. The quantitative estimate of drug-likeness (QED) is 0.266. The number of fused-ring (bicyclic) bond motifs is 2. The molecule has 0 radical (unpaired) electrons. The van der Waals surface area contributed by atoms with Gasteiger partial charge in [-0.1, -0.05) is 23.7 Å². The number of hydrogen-bond donors (Lipinski definition) is 2. The maximum absolute atomic E-state index is 13.8. The number of Topliss-reactive ketones (excluding diaryl/α,β-unsaturated/α-hetero) is 1. The lowest BCUT2D eigenvalue weighted by Gasteiger charge is -2.24. The van der Waals surface area contributed by atoms with Crippen molar-refractivity contribution < 1.29 is 32.6 Å². The molecule has 2 aromatic heterocycles. The monoisotopic (exact) mass is 535 g/mol. The van der Waals surface area contributed by atoms with Crippen LogP contribution in [0.4, 0.5) is 14.7 Å². The van der Waals surface area contributed by atoms with Crippen LogP contribution in [0.1, 0.15) is 22.2 Å². The molecule has 0 fully saturated rings. The van der Waals surface area contributed by atoms with Gasteiger partial charge in [-0.3, -0.25) is 14.5 Å². The van der Waals surface area contributed by atoms with Crippen LogP contribution in [0.5, 0.6) is 5.75 Å². The molecule has 0 saturated heterocycles. The average Bonchev–Trinajstić information content (AvgIpc) is 3.58. The first-order valence-corrected chi connectivity index (χ1v) is 11.6. The van der Waals surface area contributed by atoms with Crippen molar-refractivity contribution in [2.24, 2.45) is 0 Å². The second kappa shape index (κ2) is 8.70. The maximum atomic E-state index is 13.8. The number of halogens is 3. The largest absolute Gasteiger partial charge is 0.503 e. The number of nitrogens with zero attached hydrogens (tertiary/aromatic N) is 2. The Kier molecular flexibility index (Phi) is 5.42. The minimum absolute atomic E-state index is 0.0459. The summed E-state index contributed by atoms with van der Waals surface area (Å²) in [5.41, 5.74) is 0.681. The van der Waals surface area contributed by atoms with E-state index in [1.165, 1.54) is 13.2 Å². The summed E-state index contributed by atoms with van der Waals surface area (Å²) in [7, 11) is 1.46. The summed E-state index contributed by atoms with van der Waals surface area (Å²) in [6.45, 7) is 0. The molecule has 1 unspecified atom stereocenters. The number of anilines is 1. The van der Waals surface area contributed by atoms with Crippen LogP contribution in [-0.2, 0) is 4.79 Å². The van der Waals surface area contributed by atoms with Gasteiger partial charge < -0.3 is 19.2 Å². The van der Waals surface area contributed by atoms with Gasteiger partial charge in [0, 0.05) is 22.5 Å². The van der Waals surface area contributed by atoms with Crippen molar-refractivity contribution in [2.45, 2.75) is 6.04 Å². The third-order valence-electron chi connectivity index (χ3n) is 6.30. The highest BCUT2D eigenvalue weighted by molar-refractivity contribution is 6.31. The van der Waals surface area contributed by atoms with E-state index in [-0.39, 0.29) is 28.3 Å². The van der Waals surface area contributed by atoms with Crippen molar-refractivity contribution in [2.75, 3.05) is 12.0 Å². The molecule has 0 saturated carbocycles. The summed E-state index contributed by atoms with van der Waals surface area (Å²) < 4.78 is 38.7. The summed E-state index contributed by atoms with van der Waals surface area (Å²) in [5.74, 6) is -4.55. The Labute approximate surface area is 217 Å². The molecule has 2 N–H and O–H groups in total. The molecule has 1 aliphatic rings. The van der Waals surface area contributed by atoms with Crippen molar-refractivity contribution in [3.63, 3.8) is 0 Å². The highest BCUT2D eigenvalue weighted by Crippen LogP contribution is 2.42. The van der Waals surface area contributed by atoms with Gasteiger partial charge in [0.05, 0.1) is 29.8 Å². The van der Waals surface area contributed by atoms with Crippen molar-refractivity contribution in [3.05, 3.63) is 100.0 Å². The smallest absolute Gasteiger partial charge is 0.296 e. The van der Waals surface area contributed by atoms with E-state index < -0.39 is 35.1 Å². The van der Waals surface area contributed by atoms with Crippen LogP contribution in [0.25, 0.3) is 22.0 Å². The average molecular weight is 536 g/mol. The fourth-order valence-electron chi connectivity index (χ4n) is 4.55. The van der Waals surface area contributed by atoms with E-state index in [1.54, 1.807) is 42.5 Å². The van der Waals surface area contributed by atoms with E-state index >= 15 is 0 Å². The number of imidazole rings is 1. The van der Waals surface area contributed by atoms with E-state index in [1.807, 2.05) is 0 Å². The zero-order valence-electron chi connectivity index (χ0n) is 19.5. The summed E-state index contributed by atoms with van der Waals surface area (Å²) >= 11 is 6.05. The number of H-pyrrole nitrogens is 1. The minimum atomic E-state index is -1.18. The molecule has 6 rings (SSSR count). The first kappa shape index (κ1) is 23.7. The molecule has 190 valence electrons. The zero-order chi connectivity index (χ0) is 26.7. The van der Waals surface area contributed by atoms with Crippen LogP contribution in [0, 0.1) is 11.6 Å². The van der Waals surface area contributed by atoms with Gasteiger partial charge in [-0.15, -0.1) is 0 Å². The number of carbonyl (C=O) groups excluding carboxylic acids is 2. The first-order chi connectivity index (χ1) is 18.2. The van der Waals surface area contributed by atoms with Crippen LogP contribution >= 0.6 is 11.6 Å². The molecule has 0 spiro atoms. The van der Waals surface area contributed by atoms with Crippen LogP contribution in [0.2, 0.25) is 5.02 Å². The second-order valence-corrected chi connectivity index (χ2v) is 9.02. The number of ether oxygens (including phenoxy) is 1. The standard InChI is InChI=1S/C27H16ClF2N3O5/c1-37-15-4-2-3-12(8-15)23-22(24(34)21-9-13-7-14(28)5-6-20(13)38-21)25(35)26(36)33(23)27-31-18-10-16(29)17(30)11-19(18)32-27/h2-11,23,35H,1H3,(H,31,32). The van der Waals surface area contributed by atoms with Crippen molar-refractivity contribution in [1.82, 2.24) is 9.97 Å². The SMILES string of the molecule is COc1cccc(C2C(C(=O)c3cc4cc(Cl)ccc4o3)=C(O)C(=O)N2c2nc3cc(F)c(F)cc3[nH]2)c1. The van der Waals surface area contributed by atoms with Gasteiger partial charge in [-0.2, -0.15) is 0 Å². The molecule has 0 bridgehead atoms. The normalized spacial score (nSPS) is 15.7. The topological polar surface area (TPSA) is 109 Å². The van der Waals surface area contributed by atoms with E-state index in [4.69, 9.17) is 20.8 Å². The number of rotatable bonds is 5. The number of ketones is 1. The van der Waals surface area contributed by atoms with E-state index in [0.29, 0.717) is 27.3 Å². The number of amides is 1. The molecular weight excluding hydrogens is 520 g/mol. The van der Waals surface area contributed by atoms with Gasteiger partial charge in [-0.25, -0.2) is 13.8 Å². The Balaban J connectivity index is 1.52. The second-order valence-electron chi connectivity index (χ2n) is 8.58. The van der Waals surface area contributed by atoms with Gasteiger partial charge >= 0.3 is 0 Å². The van der Waals surface area contributed by atoms with E-state index in [2.05, 4.69) is 9.97 Å². The van der Waals surface area contributed by atoms with Gasteiger partial charge in [0.15, 0.2) is 23.2 Å². The Bertz CT molecular complexity index is 1790. The number of nitrogens with one attached hydrogen (secondary N) is 1. The summed E-state index contributed by atoms with van der Waals surface area (Å²) in [6, 6.07) is 13.4. The summed E-state index contributed by atoms with van der Waals surface area (Å²) in [4.78, 5) is 35.2. The highest BCUT2D eigenvalue weighted by atomic mass is 35.5. The highest BCUT2D eigenvalue weighted by Gasteiger charge is 2.46. The van der Waals surface area contributed by atoms with Gasteiger partial charge in [0.1, 0.15) is 11.3 Å². The number of benzene rings is 3. The Hall–Kier alpha value is -4.70. The number of aliphatic hydroxyl groups excluding tert-OH is 1. The van der Waals surface area contributed by atoms with Crippen molar-refractivity contribution in [3.8, 4) is 5.75 Å².